The van der Waals surface area contributed by atoms with Crippen LogP contribution in [0.3, 0.4) is 0 Å². The SMILES string of the molecule is CCNC1(CO)CCCC(N(C)C2CCCCC2C)C1. The van der Waals surface area contributed by atoms with Crippen molar-refractivity contribution in [2.75, 3.05) is 20.2 Å². The minimum Gasteiger partial charge on any atom is -0.394 e. The molecule has 2 aliphatic carbocycles. The van der Waals surface area contributed by atoms with E-state index in [1.807, 2.05) is 0 Å². The van der Waals surface area contributed by atoms with E-state index in [9.17, 15) is 5.11 Å². The molecule has 0 radical (unpaired) electrons. The van der Waals surface area contributed by atoms with Gasteiger partial charge in [-0.05, 0) is 58.0 Å². The summed E-state index contributed by atoms with van der Waals surface area (Å²) in [5, 5.41) is 13.4. The van der Waals surface area contributed by atoms with Crippen molar-refractivity contribution in [1.29, 1.82) is 0 Å². The van der Waals surface area contributed by atoms with Crippen LogP contribution in [0.15, 0.2) is 0 Å². The number of nitrogens with zero attached hydrogens (tertiary/aromatic N) is 1. The van der Waals surface area contributed by atoms with Crippen LogP contribution in [0, 0.1) is 5.92 Å². The van der Waals surface area contributed by atoms with Gasteiger partial charge in [-0.25, -0.2) is 0 Å². The third-order valence-electron chi connectivity index (χ3n) is 5.84. The fourth-order valence-electron chi connectivity index (χ4n) is 4.59. The Hall–Kier alpha value is -0.120. The Morgan fingerprint density at radius 2 is 1.95 bits per heavy atom. The summed E-state index contributed by atoms with van der Waals surface area (Å²) in [5.41, 5.74) is -0.0240. The summed E-state index contributed by atoms with van der Waals surface area (Å²) in [7, 11) is 2.33. The van der Waals surface area contributed by atoms with Crippen LogP contribution in [0.2, 0.25) is 0 Å². The lowest BCUT2D eigenvalue weighted by atomic mass is 9.77. The molecule has 0 saturated heterocycles. The van der Waals surface area contributed by atoms with E-state index in [2.05, 4.69) is 31.1 Å². The molecule has 2 aliphatic rings. The fourth-order valence-corrected chi connectivity index (χ4v) is 4.59. The Labute approximate surface area is 125 Å². The molecule has 3 nitrogen and oxygen atoms in total. The van der Waals surface area contributed by atoms with Crippen molar-refractivity contribution in [3.63, 3.8) is 0 Å². The van der Waals surface area contributed by atoms with Crippen molar-refractivity contribution in [3.05, 3.63) is 0 Å². The van der Waals surface area contributed by atoms with Gasteiger partial charge in [0.25, 0.3) is 0 Å². The zero-order valence-corrected chi connectivity index (χ0v) is 13.7. The number of hydrogen-bond acceptors (Lipinski definition) is 3. The maximum atomic E-state index is 9.85. The van der Waals surface area contributed by atoms with Gasteiger partial charge in [-0.2, -0.15) is 0 Å². The summed E-state index contributed by atoms with van der Waals surface area (Å²) in [4.78, 5) is 2.66. The molecule has 0 bridgehead atoms. The molecular formula is C17H34N2O. The van der Waals surface area contributed by atoms with Gasteiger partial charge in [0.2, 0.25) is 0 Å². The lowest BCUT2D eigenvalue weighted by Crippen LogP contribution is -2.57. The monoisotopic (exact) mass is 282 g/mol. The van der Waals surface area contributed by atoms with E-state index in [1.54, 1.807) is 0 Å². The Kier molecular flexibility index (Phi) is 5.88. The van der Waals surface area contributed by atoms with Crippen molar-refractivity contribution in [3.8, 4) is 0 Å². The number of aliphatic hydroxyl groups is 1. The van der Waals surface area contributed by atoms with Crippen LogP contribution >= 0.6 is 0 Å². The highest BCUT2D eigenvalue weighted by Gasteiger charge is 2.39. The summed E-state index contributed by atoms with van der Waals surface area (Å²) in [6, 6.07) is 1.39. The molecule has 0 aromatic rings. The van der Waals surface area contributed by atoms with Crippen LogP contribution in [0.4, 0.5) is 0 Å². The molecular weight excluding hydrogens is 248 g/mol. The van der Waals surface area contributed by atoms with E-state index < -0.39 is 0 Å². The normalized spacial score (nSPS) is 39.1. The molecule has 2 saturated carbocycles. The largest absolute Gasteiger partial charge is 0.394 e. The van der Waals surface area contributed by atoms with E-state index in [0.717, 1.165) is 31.3 Å². The van der Waals surface area contributed by atoms with E-state index in [0.29, 0.717) is 6.04 Å². The summed E-state index contributed by atoms with van der Waals surface area (Å²) in [5.74, 6) is 0.832. The molecule has 118 valence electrons. The molecule has 0 aromatic carbocycles. The third kappa shape index (κ3) is 3.55. The smallest absolute Gasteiger partial charge is 0.0613 e. The highest BCUT2D eigenvalue weighted by atomic mass is 16.3. The Morgan fingerprint density at radius 1 is 1.20 bits per heavy atom. The van der Waals surface area contributed by atoms with Crippen LogP contribution in [0.25, 0.3) is 0 Å². The molecule has 20 heavy (non-hydrogen) atoms. The standard InChI is InChI=1S/C17H34N2O/c1-4-18-17(13-20)11-7-9-15(12-17)19(3)16-10-6-5-8-14(16)2/h14-16,18,20H,4-13H2,1-3H3. The summed E-state index contributed by atoms with van der Waals surface area (Å²) >= 11 is 0. The van der Waals surface area contributed by atoms with Crippen molar-refractivity contribution in [1.82, 2.24) is 10.2 Å². The second kappa shape index (κ2) is 7.24. The average molecular weight is 282 g/mol. The second-order valence-electron chi connectivity index (χ2n) is 7.21. The van der Waals surface area contributed by atoms with Crippen molar-refractivity contribution < 1.29 is 5.11 Å². The molecule has 0 aromatic heterocycles. The average Bonchev–Trinajstić information content (AvgIpc) is 2.47. The quantitative estimate of drug-likeness (QED) is 0.814. The number of likely N-dealkylation sites (N-methyl/N-ethyl adjacent to an activating group) is 1. The highest BCUT2D eigenvalue weighted by Crippen LogP contribution is 2.35. The first-order chi connectivity index (χ1) is 9.62. The molecule has 2 N–H and O–H groups in total. The Bertz CT molecular complexity index is 293. The molecule has 4 atom stereocenters. The maximum Gasteiger partial charge on any atom is 0.0613 e. The van der Waals surface area contributed by atoms with Gasteiger partial charge in [0.15, 0.2) is 0 Å². The lowest BCUT2D eigenvalue weighted by Gasteiger charge is -2.47. The minimum atomic E-state index is -0.0240. The molecule has 4 unspecified atom stereocenters. The second-order valence-corrected chi connectivity index (χ2v) is 7.21. The van der Waals surface area contributed by atoms with Gasteiger partial charge in [0.1, 0.15) is 0 Å². The summed E-state index contributed by atoms with van der Waals surface area (Å²) in [6.45, 7) is 5.81. The van der Waals surface area contributed by atoms with Gasteiger partial charge in [-0.15, -0.1) is 0 Å². The molecule has 0 amide bonds. The van der Waals surface area contributed by atoms with Gasteiger partial charge in [0.05, 0.1) is 6.61 Å². The predicted octanol–water partition coefficient (Wildman–Crippen LogP) is 2.78. The molecule has 3 heteroatoms. The number of nitrogens with one attached hydrogen (secondary N) is 1. The van der Waals surface area contributed by atoms with Crippen molar-refractivity contribution in [2.24, 2.45) is 5.92 Å². The van der Waals surface area contributed by atoms with Gasteiger partial charge >= 0.3 is 0 Å². The van der Waals surface area contributed by atoms with Crippen LogP contribution in [0.1, 0.15) is 65.2 Å². The van der Waals surface area contributed by atoms with E-state index in [-0.39, 0.29) is 12.1 Å². The van der Waals surface area contributed by atoms with Crippen LogP contribution in [0.5, 0.6) is 0 Å². The zero-order valence-electron chi connectivity index (χ0n) is 13.7. The highest BCUT2D eigenvalue weighted by molar-refractivity contribution is 4.97. The zero-order chi connectivity index (χ0) is 14.6. The molecule has 2 rings (SSSR count). The first-order valence-electron chi connectivity index (χ1n) is 8.69. The van der Waals surface area contributed by atoms with E-state index >= 15 is 0 Å². The Balaban J connectivity index is 2.00. The van der Waals surface area contributed by atoms with Gasteiger partial charge < -0.3 is 15.3 Å². The van der Waals surface area contributed by atoms with Crippen molar-refractivity contribution >= 4 is 0 Å². The first-order valence-corrected chi connectivity index (χ1v) is 8.69. The van der Waals surface area contributed by atoms with Crippen LogP contribution < -0.4 is 5.32 Å². The van der Waals surface area contributed by atoms with Gasteiger partial charge in [-0.1, -0.05) is 26.7 Å². The Morgan fingerprint density at radius 3 is 2.60 bits per heavy atom. The first kappa shape index (κ1) is 16.3. The molecule has 2 fully saturated rings. The predicted molar refractivity (Wildman–Crippen MR) is 84.9 cm³/mol. The third-order valence-corrected chi connectivity index (χ3v) is 5.84. The van der Waals surface area contributed by atoms with Gasteiger partial charge in [0, 0.05) is 17.6 Å². The summed E-state index contributed by atoms with van der Waals surface area (Å²) < 4.78 is 0. The van der Waals surface area contributed by atoms with E-state index in [1.165, 1.54) is 38.5 Å². The van der Waals surface area contributed by atoms with E-state index in [4.69, 9.17) is 0 Å². The maximum absolute atomic E-state index is 9.85. The van der Waals surface area contributed by atoms with Gasteiger partial charge in [-0.3, -0.25) is 0 Å². The lowest BCUT2D eigenvalue weighted by molar-refractivity contribution is 0.0299. The van der Waals surface area contributed by atoms with Crippen molar-refractivity contribution in [2.45, 2.75) is 82.8 Å². The van der Waals surface area contributed by atoms with Crippen LogP contribution in [-0.4, -0.2) is 47.8 Å². The summed E-state index contributed by atoms with van der Waals surface area (Å²) in [6.07, 6.45) is 10.3. The minimum absolute atomic E-state index is 0.0240. The molecule has 0 spiro atoms. The topological polar surface area (TPSA) is 35.5 Å². The number of hydrogen-bond donors (Lipinski definition) is 2. The number of rotatable bonds is 5. The number of aliphatic hydroxyl groups excluding tert-OH is 1. The molecule has 0 heterocycles. The molecule has 0 aliphatic heterocycles. The van der Waals surface area contributed by atoms with Crippen LogP contribution in [-0.2, 0) is 0 Å². The fraction of sp³-hybridized carbons (Fsp3) is 1.00.